The van der Waals surface area contributed by atoms with Crippen LogP contribution in [0.3, 0.4) is 0 Å². The van der Waals surface area contributed by atoms with Crippen LogP contribution < -0.4 is 10.6 Å². The van der Waals surface area contributed by atoms with Crippen molar-refractivity contribution in [3.8, 4) is 5.75 Å². The molecule has 1 fully saturated rings. The first-order valence-electron chi connectivity index (χ1n) is 11.5. The van der Waals surface area contributed by atoms with Gasteiger partial charge < -0.3 is 30.2 Å². The maximum absolute atomic E-state index is 13.0. The SMILES string of the molecule is Cc1cc(C(Nc2nsnc2Nc2cccc(C(=O)N3CCC[C@H]3CO)c2O)C(C)C)oc1C. The fourth-order valence-corrected chi connectivity index (χ4v) is 4.70. The lowest BCUT2D eigenvalue weighted by atomic mass is 10.0. The van der Waals surface area contributed by atoms with Gasteiger partial charge in [-0.15, -0.1) is 0 Å². The Labute approximate surface area is 203 Å². The quantitative estimate of drug-likeness (QED) is 0.341. The van der Waals surface area contributed by atoms with Crippen molar-refractivity contribution in [2.45, 2.75) is 52.6 Å². The van der Waals surface area contributed by atoms with Crippen LogP contribution in [0.25, 0.3) is 0 Å². The molecule has 0 radical (unpaired) electrons. The zero-order valence-electron chi connectivity index (χ0n) is 19.8. The van der Waals surface area contributed by atoms with Crippen LogP contribution in [0.4, 0.5) is 17.3 Å². The van der Waals surface area contributed by atoms with E-state index in [1.54, 1.807) is 23.1 Å². The number of para-hydroxylation sites is 1. The molecule has 4 rings (SSSR count). The van der Waals surface area contributed by atoms with Gasteiger partial charge in [0.15, 0.2) is 17.4 Å². The second-order valence-electron chi connectivity index (χ2n) is 9.02. The summed E-state index contributed by atoms with van der Waals surface area (Å²) in [4.78, 5) is 14.7. The summed E-state index contributed by atoms with van der Waals surface area (Å²) >= 11 is 1.04. The Kier molecular flexibility index (Phi) is 7.08. The predicted octanol–water partition coefficient (Wildman–Crippen LogP) is 4.60. The number of anilines is 3. The molecule has 3 heterocycles. The summed E-state index contributed by atoms with van der Waals surface area (Å²) in [6.07, 6.45) is 1.59. The summed E-state index contributed by atoms with van der Waals surface area (Å²) < 4.78 is 14.7. The molecule has 1 amide bonds. The molecule has 9 nitrogen and oxygen atoms in total. The lowest BCUT2D eigenvalue weighted by Crippen LogP contribution is -2.37. The molecule has 1 aromatic carbocycles. The highest BCUT2D eigenvalue weighted by Crippen LogP contribution is 2.36. The van der Waals surface area contributed by atoms with Crippen LogP contribution in [0.15, 0.2) is 28.7 Å². The number of aliphatic hydroxyl groups is 1. The number of aromatic hydroxyl groups is 1. The van der Waals surface area contributed by atoms with Gasteiger partial charge in [-0.3, -0.25) is 4.79 Å². The summed E-state index contributed by atoms with van der Waals surface area (Å²) in [6, 6.07) is 6.66. The Morgan fingerprint density at radius 2 is 2.06 bits per heavy atom. The summed E-state index contributed by atoms with van der Waals surface area (Å²) in [5.74, 6) is 2.45. The fraction of sp³-hybridized carbons (Fsp3) is 0.458. The van der Waals surface area contributed by atoms with Crippen LogP contribution in [-0.2, 0) is 0 Å². The second kappa shape index (κ2) is 10.0. The first kappa shape index (κ1) is 24.0. The summed E-state index contributed by atoms with van der Waals surface area (Å²) in [7, 11) is 0. The standard InChI is InChI=1S/C24H31N5O4S/c1-13(2)20(19-11-14(3)15(4)33-19)26-23-22(27-34-28-23)25-18-9-5-8-17(21(18)31)24(32)29-10-6-7-16(29)12-30/h5,8-9,11,13,16,20,30-31H,6-7,10,12H2,1-4H3,(H,25,27)(H,26,28)/t16-,20?/m0/s1. The van der Waals surface area contributed by atoms with Crippen LogP contribution >= 0.6 is 11.7 Å². The second-order valence-corrected chi connectivity index (χ2v) is 9.55. The Hall–Kier alpha value is -3.11. The fourth-order valence-electron chi connectivity index (χ4n) is 4.23. The Morgan fingerprint density at radius 3 is 2.74 bits per heavy atom. The molecule has 182 valence electrons. The third-order valence-electron chi connectivity index (χ3n) is 6.31. The number of aliphatic hydroxyl groups excluding tert-OH is 1. The van der Waals surface area contributed by atoms with Gasteiger partial charge in [-0.1, -0.05) is 19.9 Å². The smallest absolute Gasteiger partial charge is 0.258 e. The van der Waals surface area contributed by atoms with Crippen molar-refractivity contribution in [1.29, 1.82) is 0 Å². The van der Waals surface area contributed by atoms with E-state index in [1.807, 2.05) is 19.9 Å². The number of aryl methyl sites for hydroxylation is 2. The molecule has 1 unspecified atom stereocenters. The van der Waals surface area contributed by atoms with Crippen LogP contribution in [-0.4, -0.2) is 49.0 Å². The van der Waals surface area contributed by atoms with Crippen LogP contribution in [0.5, 0.6) is 5.75 Å². The van der Waals surface area contributed by atoms with E-state index in [2.05, 4.69) is 33.2 Å². The van der Waals surface area contributed by atoms with Gasteiger partial charge in [-0.2, -0.15) is 8.75 Å². The molecular weight excluding hydrogens is 454 g/mol. The molecule has 10 heteroatoms. The van der Waals surface area contributed by atoms with E-state index in [1.165, 1.54) is 0 Å². The van der Waals surface area contributed by atoms with Crippen molar-refractivity contribution in [1.82, 2.24) is 13.6 Å². The van der Waals surface area contributed by atoms with Crippen LogP contribution in [0.2, 0.25) is 0 Å². The number of carbonyl (C=O) groups is 1. The third kappa shape index (κ3) is 4.74. The summed E-state index contributed by atoms with van der Waals surface area (Å²) in [5.41, 5.74) is 1.63. The van der Waals surface area contributed by atoms with Gasteiger partial charge in [0.1, 0.15) is 11.5 Å². The van der Waals surface area contributed by atoms with Crippen molar-refractivity contribution < 1.29 is 19.4 Å². The normalized spacial score (nSPS) is 16.8. The van der Waals surface area contributed by atoms with E-state index in [9.17, 15) is 15.0 Å². The van der Waals surface area contributed by atoms with E-state index < -0.39 is 0 Å². The first-order chi connectivity index (χ1) is 16.3. The van der Waals surface area contributed by atoms with Crippen molar-refractivity contribution in [3.05, 3.63) is 46.9 Å². The summed E-state index contributed by atoms with van der Waals surface area (Å²) in [6.45, 7) is 8.62. The Morgan fingerprint density at radius 1 is 1.29 bits per heavy atom. The van der Waals surface area contributed by atoms with E-state index in [-0.39, 0.29) is 41.8 Å². The number of phenols is 1. The number of phenolic OH excluding ortho intramolecular Hbond substituents is 1. The number of likely N-dealkylation sites (tertiary alicyclic amines) is 1. The van der Waals surface area contributed by atoms with E-state index in [4.69, 9.17) is 4.42 Å². The molecule has 0 saturated carbocycles. The molecule has 2 aromatic heterocycles. The van der Waals surface area contributed by atoms with Crippen molar-refractivity contribution >= 4 is 35.0 Å². The molecular formula is C24H31N5O4S. The van der Waals surface area contributed by atoms with Gasteiger partial charge in [-0.05, 0) is 56.4 Å². The molecule has 0 aliphatic carbocycles. The number of benzene rings is 1. The number of aromatic nitrogens is 2. The molecule has 3 aromatic rings. The zero-order valence-corrected chi connectivity index (χ0v) is 20.6. The number of nitrogens with zero attached hydrogens (tertiary/aromatic N) is 3. The molecule has 1 saturated heterocycles. The largest absolute Gasteiger partial charge is 0.505 e. The monoisotopic (exact) mass is 485 g/mol. The van der Waals surface area contributed by atoms with Gasteiger partial charge in [0.05, 0.1) is 41.7 Å². The van der Waals surface area contributed by atoms with Gasteiger partial charge in [0.25, 0.3) is 5.91 Å². The number of hydrogen-bond acceptors (Lipinski definition) is 9. The van der Waals surface area contributed by atoms with Crippen LogP contribution in [0, 0.1) is 19.8 Å². The number of furan rings is 1. The van der Waals surface area contributed by atoms with Gasteiger partial charge in [0, 0.05) is 6.54 Å². The van der Waals surface area contributed by atoms with Crippen molar-refractivity contribution in [3.63, 3.8) is 0 Å². The van der Waals surface area contributed by atoms with Gasteiger partial charge in [0.2, 0.25) is 0 Å². The third-order valence-corrected chi connectivity index (χ3v) is 6.84. The lowest BCUT2D eigenvalue weighted by Gasteiger charge is -2.24. The molecule has 4 N–H and O–H groups in total. The average Bonchev–Trinajstić information content (AvgIpc) is 3.53. The minimum absolute atomic E-state index is 0.0876. The van der Waals surface area contributed by atoms with E-state index in [0.717, 1.165) is 41.7 Å². The zero-order chi connectivity index (χ0) is 24.4. The maximum atomic E-state index is 13.0. The number of carbonyl (C=O) groups excluding carboxylic acids is 1. The number of hydrogen-bond donors (Lipinski definition) is 4. The number of amides is 1. The predicted molar refractivity (Wildman–Crippen MR) is 132 cm³/mol. The minimum atomic E-state index is -0.295. The highest BCUT2D eigenvalue weighted by Gasteiger charge is 2.31. The first-order valence-corrected chi connectivity index (χ1v) is 12.2. The maximum Gasteiger partial charge on any atom is 0.258 e. The highest BCUT2D eigenvalue weighted by atomic mass is 32.1. The Bertz CT molecular complexity index is 1140. The van der Waals surface area contributed by atoms with Gasteiger partial charge in [-0.25, -0.2) is 0 Å². The molecule has 0 bridgehead atoms. The molecule has 1 aliphatic heterocycles. The molecule has 34 heavy (non-hydrogen) atoms. The van der Waals surface area contributed by atoms with E-state index in [0.29, 0.717) is 23.9 Å². The van der Waals surface area contributed by atoms with Crippen LogP contribution in [0.1, 0.15) is 60.2 Å². The number of nitrogens with one attached hydrogen (secondary N) is 2. The van der Waals surface area contributed by atoms with Gasteiger partial charge >= 0.3 is 0 Å². The van der Waals surface area contributed by atoms with E-state index >= 15 is 0 Å². The lowest BCUT2D eigenvalue weighted by molar-refractivity contribution is 0.0674. The topological polar surface area (TPSA) is 124 Å². The highest BCUT2D eigenvalue weighted by molar-refractivity contribution is 6.99. The minimum Gasteiger partial charge on any atom is -0.505 e. The summed E-state index contributed by atoms with van der Waals surface area (Å²) in [5, 5.41) is 27.0. The molecule has 0 spiro atoms. The Balaban J connectivity index is 1.56. The van der Waals surface area contributed by atoms with Crippen molar-refractivity contribution in [2.24, 2.45) is 5.92 Å². The molecule has 1 aliphatic rings. The molecule has 2 atom stereocenters. The average molecular weight is 486 g/mol. The number of rotatable bonds is 8. The van der Waals surface area contributed by atoms with Crippen molar-refractivity contribution in [2.75, 3.05) is 23.8 Å².